The monoisotopic (exact) mass is 297 g/mol. The minimum Gasteiger partial charge on any atom is -0.478 e. The second kappa shape index (κ2) is 10.1. The van der Waals surface area contributed by atoms with Gasteiger partial charge >= 0.3 is 5.97 Å². The Kier molecular flexibility index (Phi) is 8.73. The number of nitrogens with one attached hydrogen (secondary N) is 1. The number of carboxylic acids is 1. The molecule has 1 aromatic carbocycles. The lowest BCUT2D eigenvalue weighted by Crippen LogP contribution is -2.08. The number of amides is 1. The van der Waals surface area contributed by atoms with Crippen LogP contribution < -0.4 is 11.1 Å². The lowest BCUT2D eigenvalue weighted by atomic mass is 10.3. The van der Waals surface area contributed by atoms with Crippen LogP contribution in [-0.4, -0.2) is 40.2 Å². The number of carbonyl (C=O) groups excluding carboxylic acids is 1. The van der Waals surface area contributed by atoms with Gasteiger partial charge in [0.1, 0.15) is 0 Å². The van der Waals surface area contributed by atoms with Gasteiger partial charge in [-0.05, 0) is 12.1 Å². The van der Waals surface area contributed by atoms with E-state index in [0.29, 0.717) is 18.3 Å². The van der Waals surface area contributed by atoms with Gasteiger partial charge in [-0.2, -0.15) is 0 Å². The summed E-state index contributed by atoms with van der Waals surface area (Å²) >= 11 is 0. The van der Waals surface area contributed by atoms with Gasteiger partial charge < -0.3 is 21.3 Å². The van der Waals surface area contributed by atoms with Crippen molar-refractivity contribution in [1.29, 1.82) is 0 Å². The predicted molar refractivity (Wildman–Crippen MR) is 74.6 cm³/mol. The average Bonchev–Trinajstić information content (AvgIpc) is 2.46. The highest BCUT2D eigenvalue weighted by atomic mass is 16.6. The van der Waals surface area contributed by atoms with E-state index in [2.05, 4.69) is 5.32 Å². The Morgan fingerprint density at radius 1 is 1.29 bits per heavy atom. The second-order valence-electron chi connectivity index (χ2n) is 3.48. The molecule has 0 aromatic heterocycles. The molecule has 5 N–H and O–H groups in total. The van der Waals surface area contributed by atoms with Crippen LogP contribution in [0.3, 0.4) is 0 Å². The summed E-state index contributed by atoms with van der Waals surface area (Å²) in [4.78, 5) is 31.1. The van der Waals surface area contributed by atoms with Crippen molar-refractivity contribution in [2.45, 2.75) is 0 Å². The number of aliphatic carboxylic acids is 1. The van der Waals surface area contributed by atoms with Crippen molar-refractivity contribution in [1.82, 2.24) is 0 Å². The zero-order valence-electron chi connectivity index (χ0n) is 10.9. The Balaban J connectivity index is 0.000000885. The third-order valence-electron chi connectivity index (χ3n) is 1.85. The third kappa shape index (κ3) is 8.86. The number of benzene rings is 1. The summed E-state index contributed by atoms with van der Waals surface area (Å²) in [5.41, 5.74) is 5.03. The average molecular weight is 297 g/mol. The molecular weight excluding hydrogens is 282 g/mol. The van der Waals surface area contributed by atoms with E-state index in [1.165, 1.54) is 24.3 Å². The Hall–Kier alpha value is -2.78. The molecule has 0 aliphatic rings. The number of nitrogens with zero attached hydrogens (tertiary/aromatic N) is 1. The van der Waals surface area contributed by atoms with Crippen molar-refractivity contribution in [2.24, 2.45) is 5.73 Å². The van der Waals surface area contributed by atoms with Gasteiger partial charge in [0.05, 0.1) is 11.5 Å². The summed E-state index contributed by atoms with van der Waals surface area (Å²) in [6, 6.07) is 5.17. The molecule has 0 saturated heterocycles. The summed E-state index contributed by atoms with van der Waals surface area (Å²) in [7, 11) is 0. The van der Waals surface area contributed by atoms with Crippen LogP contribution in [0.15, 0.2) is 36.4 Å². The van der Waals surface area contributed by atoms with Crippen LogP contribution in [0.1, 0.15) is 0 Å². The molecule has 0 radical (unpaired) electrons. The van der Waals surface area contributed by atoms with E-state index in [0.717, 1.165) is 6.08 Å². The van der Waals surface area contributed by atoms with Gasteiger partial charge in [0.25, 0.3) is 5.69 Å². The topological polar surface area (TPSA) is 156 Å². The van der Waals surface area contributed by atoms with Crippen LogP contribution in [-0.2, 0) is 9.59 Å². The number of hydrogen-bond donors (Lipinski definition) is 4. The molecular formula is C12H15N3O6. The van der Waals surface area contributed by atoms with Crippen molar-refractivity contribution < 1.29 is 24.7 Å². The summed E-state index contributed by atoms with van der Waals surface area (Å²) in [5.74, 6) is -1.86. The SMILES string of the molecule is NCCO.O=C(O)/C=C/C(=O)Nc1ccc([N+](=O)[O-])cc1. The van der Waals surface area contributed by atoms with Crippen molar-refractivity contribution >= 4 is 23.3 Å². The van der Waals surface area contributed by atoms with Crippen molar-refractivity contribution in [2.75, 3.05) is 18.5 Å². The molecule has 0 bridgehead atoms. The zero-order chi connectivity index (χ0) is 16.3. The van der Waals surface area contributed by atoms with Crippen molar-refractivity contribution in [3.63, 3.8) is 0 Å². The maximum Gasteiger partial charge on any atom is 0.328 e. The van der Waals surface area contributed by atoms with Crippen LogP contribution >= 0.6 is 0 Å². The third-order valence-corrected chi connectivity index (χ3v) is 1.85. The Morgan fingerprint density at radius 2 is 1.81 bits per heavy atom. The lowest BCUT2D eigenvalue weighted by Gasteiger charge is -2.00. The van der Waals surface area contributed by atoms with Crippen LogP contribution in [0.4, 0.5) is 11.4 Å². The number of aliphatic hydroxyl groups is 1. The number of nitrogens with two attached hydrogens (primary N) is 1. The molecule has 1 rings (SSSR count). The molecule has 1 amide bonds. The minimum atomic E-state index is -1.23. The fourth-order valence-corrected chi connectivity index (χ4v) is 0.997. The highest BCUT2D eigenvalue weighted by Crippen LogP contribution is 2.15. The molecule has 9 nitrogen and oxygen atoms in total. The summed E-state index contributed by atoms with van der Waals surface area (Å²) < 4.78 is 0. The first-order chi connectivity index (χ1) is 9.90. The van der Waals surface area contributed by atoms with E-state index in [4.69, 9.17) is 15.9 Å². The summed E-state index contributed by atoms with van der Waals surface area (Å²) in [6.07, 6.45) is 1.55. The molecule has 9 heteroatoms. The smallest absolute Gasteiger partial charge is 0.328 e. The molecule has 0 atom stereocenters. The van der Waals surface area contributed by atoms with Gasteiger partial charge in [-0.3, -0.25) is 14.9 Å². The Labute approximate surface area is 119 Å². The summed E-state index contributed by atoms with van der Waals surface area (Å²) in [5, 5.41) is 28.7. The second-order valence-corrected chi connectivity index (χ2v) is 3.48. The van der Waals surface area contributed by atoms with Crippen molar-refractivity contribution in [3.8, 4) is 0 Å². The molecule has 0 fully saturated rings. The fraction of sp³-hybridized carbons (Fsp3) is 0.167. The number of aliphatic hydroxyl groups excluding tert-OH is 1. The zero-order valence-corrected chi connectivity index (χ0v) is 10.9. The summed E-state index contributed by atoms with van der Waals surface area (Å²) in [6.45, 7) is 0.472. The minimum absolute atomic E-state index is 0.0934. The molecule has 0 aliphatic heterocycles. The Morgan fingerprint density at radius 3 is 2.19 bits per heavy atom. The molecule has 0 spiro atoms. The molecule has 0 aliphatic carbocycles. The molecule has 0 unspecified atom stereocenters. The van der Waals surface area contributed by atoms with Gasteiger partial charge in [0.2, 0.25) is 5.91 Å². The normalized spacial score (nSPS) is 9.62. The van der Waals surface area contributed by atoms with E-state index >= 15 is 0 Å². The number of rotatable bonds is 5. The first-order valence-corrected chi connectivity index (χ1v) is 5.68. The number of anilines is 1. The van der Waals surface area contributed by atoms with E-state index in [1.54, 1.807) is 0 Å². The van der Waals surface area contributed by atoms with Crippen molar-refractivity contribution in [3.05, 3.63) is 46.5 Å². The first-order valence-electron chi connectivity index (χ1n) is 5.68. The van der Waals surface area contributed by atoms with Gasteiger partial charge in [-0.15, -0.1) is 0 Å². The molecule has 0 heterocycles. The molecule has 0 saturated carbocycles. The number of nitro benzene ring substituents is 1. The number of carboxylic acid groups (broad SMARTS) is 1. The van der Waals surface area contributed by atoms with Gasteiger partial charge in [0.15, 0.2) is 0 Å². The van der Waals surface area contributed by atoms with Crippen LogP contribution in [0.5, 0.6) is 0 Å². The number of non-ortho nitro benzene ring substituents is 1. The highest BCUT2D eigenvalue weighted by Gasteiger charge is 2.04. The fourth-order valence-electron chi connectivity index (χ4n) is 0.997. The maximum atomic E-state index is 11.1. The standard InChI is InChI=1S/C10H8N2O5.C2H7NO/c13-9(5-6-10(14)15)11-7-1-3-8(4-2-7)12(16)17;3-1-2-4/h1-6H,(H,11,13)(H,14,15);4H,1-3H2/b6-5+;. The van der Waals surface area contributed by atoms with Gasteiger partial charge in [-0.1, -0.05) is 0 Å². The largest absolute Gasteiger partial charge is 0.478 e. The van der Waals surface area contributed by atoms with E-state index < -0.39 is 16.8 Å². The van der Waals surface area contributed by atoms with Crippen LogP contribution in [0, 0.1) is 10.1 Å². The molecule has 1 aromatic rings. The van der Waals surface area contributed by atoms with E-state index in [1.807, 2.05) is 0 Å². The van der Waals surface area contributed by atoms with Crippen LogP contribution in [0.25, 0.3) is 0 Å². The number of hydrogen-bond acceptors (Lipinski definition) is 6. The first kappa shape index (κ1) is 18.2. The molecule has 114 valence electrons. The molecule has 21 heavy (non-hydrogen) atoms. The van der Waals surface area contributed by atoms with Gasteiger partial charge in [0, 0.05) is 36.5 Å². The van der Waals surface area contributed by atoms with E-state index in [-0.39, 0.29) is 12.3 Å². The number of carbonyl (C=O) groups is 2. The quantitative estimate of drug-likeness (QED) is 0.341. The predicted octanol–water partition coefficient (Wildman–Crippen LogP) is 0.111. The van der Waals surface area contributed by atoms with Crippen LogP contribution in [0.2, 0.25) is 0 Å². The van der Waals surface area contributed by atoms with Gasteiger partial charge in [-0.25, -0.2) is 4.79 Å². The highest BCUT2D eigenvalue weighted by molar-refractivity contribution is 6.02. The lowest BCUT2D eigenvalue weighted by molar-refractivity contribution is -0.384. The van der Waals surface area contributed by atoms with E-state index in [9.17, 15) is 19.7 Å². The number of nitro groups is 1. The Bertz CT molecular complexity index is 510. The maximum absolute atomic E-state index is 11.1.